The molecule has 4 nitrogen and oxygen atoms in total. The molecule has 0 aliphatic carbocycles. The Labute approximate surface area is 200 Å². The molecule has 166 valence electrons. The van der Waals surface area contributed by atoms with Crippen molar-refractivity contribution in [2.75, 3.05) is 0 Å². The van der Waals surface area contributed by atoms with Crippen molar-refractivity contribution in [3.63, 3.8) is 0 Å². The van der Waals surface area contributed by atoms with Gasteiger partial charge in [-0.05, 0) is 55.8 Å². The van der Waals surface area contributed by atoms with Gasteiger partial charge in [0.1, 0.15) is 0 Å². The average Bonchev–Trinajstić information content (AvgIpc) is 3.40. The van der Waals surface area contributed by atoms with Crippen LogP contribution in [0.2, 0.25) is 5.02 Å². The predicted octanol–water partition coefficient (Wildman–Crippen LogP) is 6.87. The molecule has 0 aliphatic rings. The molecular weight excluding hydrogens is 457 g/mol. The molecule has 0 fully saturated rings. The summed E-state index contributed by atoms with van der Waals surface area (Å²) in [6.45, 7) is 3.97. The van der Waals surface area contributed by atoms with E-state index < -0.39 is 5.82 Å². The smallest absolute Gasteiger partial charge is 0.166 e. The van der Waals surface area contributed by atoms with E-state index in [0.29, 0.717) is 5.52 Å². The van der Waals surface area contributed by atoms with E-state index in [-0.39, 0.29) is 11.6 Å². The molecule has 0 unspecified atom stereocenters. The molecule has 33 heavy (non-hydrogen) atoms. The zero-order valence-electron chi connectivity index (χ0n) is 18.1. The fourth-order valence-electron chi connectivity index (χ4n) is 3.95. The molecule has 0 amide bonds. The molecule has 7 heteroatoms. The second kappa shape index (κ2) is 8.71. The number of aromatic nitrogens is 3. The van der Waals surface area contributed by atoms with Gasteiger partial charge in [0.05, 0.1) is 40.9 Å². The Balaban J connectivity index is 1.67. The van der Waals surface area contributed by atoms with Crippen molar-refractivity contribution in [3.8, 4) is 11.4 Å². The number of fused-ring (bicyclic) bond motifs is 1. The van der Waals surface area contributed by atoms with Gasteiger partial charge in [-0.15, -0.1) is 0 Å². The van der Waals surface area contributed by atoms with Crippen LogP contribution in [0.5, 0.6) is 0 Å². The maximum atomic E-state index is 15.3. The number of hydrogen-bond acceptors (Lipinski definition) is 3. The number of aliphatic hydroxyl groups is 1. The molecule has 2 heterocycles. The lowest BCUT2D eigenvalue weighted by Gasteiger charge is -2.07. The second-order valence-electron chi connectivity index (χ2n) is 7.89. The lowest BCUT2D eigenvalue weighted by molar-refractivity contribution is 0.281. The van der Waals surface area contributed by atoms with Crippen molar-refractivity contribution < 1.29 is 9.50 Å². The molecule has 0 bridgehead atoms. The van der Waals surface area contributed by atoms with Crippen LogP contribution in [0.4, 0.5) is 4.39 Å². The highest BCUT2D eigenvalue weighted by molar-refractivity contribution is 7.99. The summed E-state index contributed by atoms with van der Waals surface area (Å²) >= 11 is 7.72. The molecule has 5 aromatic rings. The standard InChI is InChI=1S/C26H21ClFN3OS/c1-16-6-8-19(9-7-16)30-14-20(13-29-30)31-17(2)26(22-10-11-23(27)24(28)25(22)31)33-21-5-3-4-18(12-21)15-32/h3-14,32H,15H2,1-2H3. The molecular formula is C26H21ClFN3OS. The number of rotatable bonds is 5. The van der Waals surface area contributed by atoms with Crippen LogP contribution in [0.1, 0.15) is 16.8 Å². The van der Waals surface area contributed by atoms with Crippen LogP contribution in [0, 0.1) is 19.7 Å². The molecule has 3 aromatic carbocycles. The molecule has 0 atom stereocenters. The number of benzene rings is 3. The molecule has 1 N–H and O–H groups in total. The number of nitrogens with zero attached hydrogens (tertiary/aromatic N) is 3. The van der Waals surface area contributed by atoms with E-state index in [1.165, 1.54) is 17.3 Å². The van der Waals surface area contributed by atoms with E-state index in [0.717, 1.165) is 37.8 Å². The van der Waals surface area contributed by atoms with Crippen LogP contribution >= 0.6 is 23.4 Å². The van der Waals surface area contributed by atoms with E-state index in [2.05, 4.69) is 5.10 Å². The SMILES string of the molecule is Cc1ccc(-n2cc(-n3c(C)c(Sc4cccc(CO)c4)c4ccc(Cl)c(F)c43)cn2)cc1. The minimum absolute atomic E-state index is 0.0302. The molecule has 0 saturated heterocycles. The van der Waals surface area contributed by atoms with Crippen molar-refractivity contribution in [2.24, 2.45) is 0 Å². The number of halogens is 2. The van der Waals surface area contributed by atoms with Gasteiger partial charge in [-0.3, -0.25) is 0 Å². The monoisotopic (exact) mass is 477 g/mol. The predicted molar refractivity (Wildman–Crippen MR) is 131 cm³/mol. The van der Waals surface area contributed by atoms with Gasteiger partial charge in [0.2, 0.25) is 0 Å². The fraction of sp³-hybridized carbons (Fsp3) is 0.115. The van der Waals surface area contributed by atoms with E-state index in [4.69, 9.17) is 11.6 Å². The summed E-state index contributed by atoms with van der Waals surface area (Å²) in [6, 6.07) is 19.2. The van der Waals surface area contributed by atoms with Crippen molar-refractivity contribution >= 4 is 34.3 Å². The summed E-state index contributed by atoms with van der Waals surface area (Å²) in [5.41, 5.74) is 4.97. The maximum Gasteiger partial charge on any atom is 0.166 e. The zero-order chi connectivity index (χ0) is 23.1. The van der Waals surface area contributed by atoms with E-state index in [9.17, 15) is 5.11 Å². The topological polar surface area (TPSA) is 43.0 Å². The molecule has 0 saturated carbocycles. The van der Waals surface area contributed by atoms with Gasteiger partial charge in [0.15, 0.2) is 5.82 Å². The van der Waals surface area contributed by atoms with Crippen LogP contribution in [-0.2, 0) is 6.61 Å². The Morgan fingerprint density at radius 3 is 2.58 bits per heavy atom. The largest absolute Gasteiger partial charge is 0.392 e. The molecule has 0 aliphatic heterocycles. The number of hydrogen-bond donors (Lipinski definition) is 1. The van der Waals surface area contributed by atoms with Crippen LogP contribution in [-0.4, -0.2) is 19.5 Å². The van der Waals surface area contributed by atoms with Gasteiger partial charge in [0.25, 0.3) is 0 Å². The summed E-state index contributed by atoms with van der Waals surface area (Å²) in [7, 11) is 0. The summed E-state index contributed by atoms with van der Waals surface area (Å²) in [5.74, 6) is -0.462. The van der Waals surface area contributed by atoms with Gasteiger partial charge >= 0.3 is 0 Å². The quantitative estimate of drug-likeness (QED) is 0.300. The van der Waals surface area contributed by atoms with Gasteiger partial charge < -0.3 is 9.67 Å². The highest BCUT2D eigenvalue weighted by Gasteiger charge is 2.22. The first-order valence-corrected chi connectivity index (χ1v) is 11.6. The van der Waals surface area contributed by atoms with Gasteiger partial charge in [-0.2, -0.15) is 5.10 Å². The average molecular weight is 478 g/mol. The number of aliphatic hydroxyl groups excluding tert-OH is 1. The Morgan fingerprint density at radius 2 is 1.82 bits per heavy atom. The first kappa shape index (κ1) is 21.8. The maximum absolute atomic E-state index is 15.3. The Hall–Kier alpha value is -3.06. The normalized spacial score (nSPS) is 11.4. The lowest BCUT2D eigenvalue weighted by atomic mass is 10.2. The van der Waals surface area contributed by atoms with Gasteiger partial charge in [-0.25, -0.2) is 9.07 Å². The Bertz CT molecular complexity index is 1470. The van der Waals surface area contributed by atoms with Crippen molar-refractivity contribution in [3.05, 3.63) is 101 Å². The first-order chi connectivity index (χ1) is 16.0. The summed E-state index contributed by atoms with van der Waals surface area (Å²) in [4.78, 5) is 1.90. The Morgan fingerprint density at radius 1 is 1.03 bits per heavy atom. The van der Waals surface area contributed by atoms with Crippen LogP contribution in [0.15, 0.2) is 82.8 Å². The summed E-state index contributed by atoms with van der Waals surface area (Å²) < 4.78 is 19.0. The minimum atomic E-state index is -0.462. The third-order valence-corrected chi connectivity index (χ3v) is 7.13. The van der Waals surface area contributed by atoms with Crippen LogP contribution < -0.4 is 0 Å². The fourth-order valence-corrected chi connectivity index (χ4v) is 5.21. The van der Waals surface area contributed by atoms with Crippen molar-refractivity contribution in [1.29, 1.82) is 0 Å². The number of aryl methyl sites for hydroxylation is 1. The van der Waals surface area contributed by atoms with Crippen molar-refractivity contribution in [2.45, 2.75) is 30.2 Å². The zero-order valence-corrected chi connectivity index (χ0v) is 19.7. The molecule has 0 radical (unpaired) electrons. The second-order valence-corrected chi connectivity index (χ2v) is 9.38. The third kappa shape index (κ3) is 3.95. The van der Waals surface area contributed by atoms with E-state index in [1.54, 1.807) is 16.9 Å². The first-order valence-electron chi connectivity index (χ1n) is 10.4. The molecule has 0 spiro atoms. The van der Waals surface area contributed by atoms with Gasteiger partial charge in [-0.1, -0.05) is 53.2 Å². The van der Waals surface area contributed by atoms with Gasteiger partial charge in [0, 0.05) is 20.9 Å². The highest BCUT2D eigenvalue weighted by atomic mass is 35.5. The summed E-state index contributed by atoms with van der Waals surface area (Å²) in [5, 5.41) is 14.9. The molecule has 5 rings (SSSR count). The highest BCUT2D eigenvalue weighted by Crippen LogP contribution is 2.42. The Kier molecular flexibility index (Phi) is 5.74. The lowest BCUT2D eigenvalue weighted by Crippen LogP contribution is -1.98. The molecule has 2 aromatic heterocycles. The van der Waals surface area contributed by atoms with Crippen molar-refractivity contribution in [1.82, 2.24) is 14.3 Å². The van der Waals surface area contributed by atoms with E-state index >= 15 is 4.39 Å². The summed E-state index contributed by atoms with van der Waals surface area (Å²) in [6.07, 6.45) is 3.62. The minimum Gasteiger partial charge on any atom is -0.392 e. The third-order valence-electron chi connectivity index (χ3n) is 5.63. The van der Waals surface area contributed by atoms with Crippen LogP contribution in [0.3, 0.4) is 0 Å². The van der Waals surface area contributed by atoms with E-state index in [1.807, 2.05) is 79.2 Å². The van der Waals surface area contributed by atoms with Crippen LogP contribution in [0.25, 0.3) is 22.3 Å².